The van der Waals surface area contributed by atoms with Crippen molar-refractivity contribution >= 4 is 28.4 Å². The number of anilines is 2. The van der Waals surface area contributed by atoms with E-state index in [1.165, 1.54) is 5.69 Å². The summed E-state index contributed by atoms with van der Waals surface area (Å²) in [6.07, 6.45) is 2.78. The monoisotopic (exact) mass is 364 g/mol. The summed E-state index contributed by atoms with van der Waals surface area (Å²) in [5, 5.41) is 4.02. The summed E-state index contributed by atoms with van der Waals surface area (Å²) in [5.41, 5.74) is 3.81. The number of benzene rings is 1. The molecule has 1 N–H and O–H groups in total. The van der Waals surface area contributed by atoms with Crippen LogP contribution in [0.5, 0.6) is 0 Å². The van der Waals surface area contributed by atoms with Crippen LogP contribution in [0.1, 0.15) is 17.9 Å². The molecule has 0 unspecified atom stereocenters. The first-order chi connectivity index (χ1) is 13.1. The fourth-order valence-electron chi connectivity index (χ4n) is 3.56. The first-order valence-electron chi connectivity index (χ1n) is 9.32. The Morgan fingerprint density at radius 3 is 2.81 bits per heavy atom. The lowest BCUT2D eigenvalue weighted by atomic mass is 10.2. The molecular weight excluding hydrogens is 340 g/mol. The van der Waals surface area contributed by atoms with Crippen LogP contribution in [0.25, 0.3) is 11.0 Å². The maximum atomic E-state index is 12.7. The number of hydrogen-bond donors (Lipinski definition) is 1. The van der Waals surface area contributed by atoms with Crippen molar-refractivity contribution in [2.75, 3.05) is 36.4 Å². The number of nitrogens with one attached hydrogen (secondary N) is 1. The third kappa shape index (κ3) is 3.89. The molecule has 3 aromatic rings. The standard InChI is InChI=1S/C21H24N4O2/c1-15-12-19(6-7-22-15)24-8-3-9-25(11-10-24)21(26)23-18-4-5-20-17(14-18)13-16(2)27-20/h4-7,12-14H,3,8-11H2,1-2H3,(H,23,26). The molecule has 3 heterocycles. The maximum Gasteiger partial charge on any atom is 0.321 e. The van der Waals surface area contributed by atoms with E-state index in [1.54, 1.807) is 0 Å². The van der Waals surface area contributed by atoms with Crippen LogP contribution in [0.15, 0.2) is 47.0 Å². The molecule has 27 heavy (non-hydrogen) atoms. The van der Waals surface area contributed by atoms with E-state index in [-0.39, 0.29) is 6.03 Å². The summed E-state index contributed by atoms with van der Waals surface area (Å²) in [6.45, 7) is 7.12. The zero-order chi connectivity index (χ0) is 18.8. The molecule has 1 aliphatic heterocycles. The molecule has 2 amide bonds. The Morgan fingerprint density at radius 1 is 1.07 bits per heavy atom. The van der Waals surface area contributed by atoms with Crippen LogP contribution in [0.3, 0.4) is 0 Å². The highest BCUT2D eigenvalue weighted by Crippen LogP contribution is 2.23. The summed E-state index contributed by atoms with van der Waals surface area (Å²) >= 11 is 0. The van der Waals surface area contributed by atoms with Crippen LogP contribution in [0.2, 0.25) is 0 Å². The Balaban J connectivity index is 1.41. The van der Waals surface area contributed by atoms with E-state index in [9.17, 15) is 4.79 Å². The molecule has 0 aliphatic carbocycles. The molecule has 6 heteroatoms. The van der Waals surface area contributed by atoms with Gasteiger partial charge >= 0.3 is 6.03 Å². The minimum absolute atomic E-state index is 0.0534. The highest BCUT2D eigenvalue weighted by Gasteiger charge is 2.19. The van der Waals surface area contributed by atoms with Crippen LogP contribution in [0, 0.1) is 13.8 Å². The minimum atomic E-state index is -0.0534. The predicted molar refractivity (Wildman–Crippen MR) is 107 cm³/mol. The van der Waals surface area contributed by atoms with E-state index < -0.39 is 0 Å². The van der Waals surface area contributed by atoms with Gasteiger partial charge < -0.3 is 19.5 Å². The largest absolute Gasteiger partial charge is 0.461 e. The van der Waals surface area contributed by atoms with Crippen LogP contribution < -0.4 is 10.2 Å². The third-order valence-electron chi connectivity index (χ3n) is 4.92. The van der Waals surface area contributed by atoms with Crippen LogP contribution >= 0.6 is 0 Å². The van der Waals surface area contributed by atoms with E-state index in [2.05, 4.69) is 21.3 Å². The first-order valence-corrected chi connectivity index (χ1v) is 9.32. The van der Waals surface area contributed by atoms with Crippen molar-refractivity contribution in [3.05, 3.63) is 54.0 Å². The average Bonchev–Trinajstić information content (AvgIpc) is 2.86. The van der Waals surface area contributed by atoms with Crippen molar-refractivity contribution in [2.45, 2.75) is 20.3 Å². The molecule has 1 aromatic carbocycles. The van der Waals surface area contributed by atoms with E-state index >= 15 is 0 Å². The molecule has 1 saturated heterocycles. The van der Waals surface area contributed by atoms with Gasteiger partial charge in [0.25, 0.3) is 0 Å². The second-order valence-electron chi connectivity index (χ2n) is 7.02. The van der Waals surface area contributed by atoms with E-state index in [4.69, 9.17) is 4.42 Å². The minimum Gasteiger partial charge on any atom is -0.461 e. The number of carbonyl (C=O) groups excluding carboxylic acids is 1. The highest BCUT2D eigenvalue weighted by molar-refractivity contribution is 5.92. The number of carbonyl (C=O) groups is 1. The molecule has 6 nitrogen and oxygen atoms in total. The summed E-state index contributed by atoms with van der Waals surface area (Å²) in [5.74, 6) is 0.868. The van der Waals surface area contributed by atoms with Crippen molar-refractivity contribution in [3.63, 3.8) is 0 Å². The molecule has 2 aromatic heterocycles. The van der Waals surface area contributed by atoms with Gasteiger partial charge in [-0.2, -0.15) is 0 Å². The van der Waals surface area contributed by atoms with Crippen molar-refractivity contribution < 1.29 is 9.21 Å². The molecule has 0 spiro atoms. The van der Waals surface area contributed by atoms with Crippen LogP contribution in [-0.4, -0.2) is 42.1 Å². The van der Waals surface area contributed by atoms with Crippen molar-refractivity contribution in [3.8, 4) is 0 Å². The van der Waals surface area contributed by atoms with E-state index in [1.807, 2.05) is 55.3 Å². The Bertz CT molecular complexity index is 966. The number of nitrogens with zero attached hydrogens (tertiary/aromatic N) is 3. The van der Waals surface area contributed by atoms with Gasteiger partial charge in [-0.25, -0.2) is 4.79 Å². The Labute approximate surface area is 158 Å². The lowest BCUT2D eigenvalue weighted by molar-refractivity contribution is 0.215. The molecule has 0 atom stereocenters. The molecule has 1 aliphatic rings. The molecule has 0 saturated carbocycles. The summed E-state index contributed by atoms with van der Waals surface area (Å²) < 4.78 is 5.59. The van der Waals surface area contributed by atoms with Gasteiger partial charge in [-0.1, -0.05) is 0 Å². The van der Waals surface area contributed by atoms with Gasteiger partial charge in [0.15, 0.2) is 0 Å². The smallest absolute Gasteiger partial charge is 0.321 e. The summed E-state index contributed by atoms with van der Waals surface area (Å²) in [4.78, 5) is 21.2. The van der Waals surface area contributed by atoms with Crippen molar-refractivity contribution in [1.29, 1.82) is 0 Å². The van der Waals surface area contributed by atoms with Gasteiger partial charge in [-0.3, -0.25) is 4.98 Å². The van der Waals surface area contributed by atoms with Crippen molar-refractivity contribution in [2.24, 2.45) is 0 Å². The third-order valence-corrected chi connectivity index (χ3v) is 4.92. The van der Waals surface area contributed by atoms with Gasteiger partial charge in [0.1, 0.15) is 11.3 Å². The number of aromatic nitrogens is 1. The van der Waals surface area contributed by atoms with Crippen LogP contribution in [-0.2, 0) is 0 Å². The van der Waals surface area contributed by atoms with Gasteiger partial charge in [0.05, 0.1) is 0 Å². The van der Waals surface area contributed by atoms with Crippen molar-refractivity contribution in [1.82, 2.24) is 9.88 Å². The lowest BCUT2D eigenvalue weighted by Crippen LogP contribution is -2.38. The fraction of sp³-hybridized carbons (Fsp3) is 0.333. The number of furan rings is 1. The second kappa shape index (κ2) is 7.31. The van der Waals surface area contributed by atoms with Gasteiger partial charge in [-0.05, 0) is 56.7 Å². The van der Waals surface area contributed by atoms with Gasteiger partial charge in [0, 0.05) is 54.8 Å². The topological polar surface area (TPSA) is 61.6 Å². The normalized spacial score (nSPS) is 15.0. The fourth-order valence-corrected chi connectivity index (χ4v) is 3.56. The van der Waals surface area contributed by atoms with Gasteiger partial charge in [-0.15, -0.1) is 0 Å². The molecule has 1 fully saturated rings. The molecule has 0 bridgehead atoms. The van der Waals surface area contributed by atoms with E-state index in [0.29, 0.717) is 6.54 Å². The molecular formula is C21H24N4O2. The summed E-state index contributed by atoms with van der Waals surface area (Å²) in [7, 11) is 0. The zero-order valence-corrected chi connectivity index (χ0v) is 15.7. The SMILES string of the molecule is Cc1cc(N2CCCN(C(=O)Nc3ccc4oc(C)cc4c3)CC2)ccn1. The Morgan fingerprint density at radius 2 is 1.96 bits per heavy atom. The lowest BCUT2D eigenvalue weighted by Gasteiger charge is -2.24. The number of pyridine rings is 1. The molecule has 0 radical (unpaired) electrons. The number of rotatable bonds is 2. The maximum absolute atomic E-state index is 12.7. The van der Waals surface area contributed by atoms with Gasteiger partial charge in [0.2, 0.25) is 0 Å². The number of hydrogen-bond acceptors (Lipinski definition) is 4. The molecule has 4 rings (SSSR count). The number of urea groups is 1. The predicted octanol–water partition coefficient (Wildman–Crippen LogP) is 4.19. The second-order valence-corrected chi connectivity index (χ2v) is 7.02. The zero-order valence-electron chi connectivity index (χ0n) is 15.7. The Kier molecular flexibility index (Phi) is 4.71. The number of aryl methyl sites for hydroxylation is 2. The average molecular weight is 364 g/mol. The Hall–Kier alpha value is -3.02. The van der Waals surface area contributed by atoms with E-state index in [0.717, 1.165) is 54.2 Å². The quantitative estimate of drug-likeness (QED) is 0.741. The first kappa shape index (κ1) is 17.4. The number of fused-ring (bicyclic) bond motifs is 1. The molecule has 140 valence electrons. The van der Waals surface area contributed by atoms with Crippen LogP contribution in [0.4, 0.5) is 16.2 Å². The number of amides is 2. The highest BCUT2D eigenvalue weighted by atomic mass is 16.3. The summed E-state index contributed by atoms with van der Waals surface area (Å²) in [6, 6.07) is 11.8.